The molecule has 3 aromatic carbocycles. The summed E-state index contributed by atoms with van der Waals surface area (Å²) in [5, 5.41) is 3.24. The minimum absolute atomic E-state index is 0.117. The van der Waals surface area contributed by atoms with Gasteiger partial charge in [-0.3, -0.25) is 9.10 Å². The minimum atomic E-state index is -3.54. The molecule has 0 spiro atoms. The van der Waals surface area contributed by atoms with E-state index in [-0.39, 0.29) is 12.5 Å². The third kappa shape index (κ3) is 7.57. The number of hydrogen-bond acceptors (Lipinski definition) is 4. The first-order valence-electron chi connectivity index (χ1n) is 10.2. The van der Waals surface area contributed by atoms with Crippen molar-refractivity contribution in [3.05, 3.63) is 99.0 Å². The maximum absolute atomic E-state index is 12.4. The van der Waals surface area contributed by atoms with Crippen LogP contribution in [0, 0.1) is 0 Å². The quantitative estimate of drug-likeness (QED) is 0.359. The number of nitrogens with zero attached hydrogens (tertiary/aromatic N) is 1. The molecule has 0 atom stereocenters. The number of rotatable bonds is 10. The van der Waals surface area contributed by atoms with E-state index >= 15 is 0 Å². The summed E-state index contributed by atoms with van der Waals surface area (Å²) in [4.78, 5) is 12.4. The second-order valence-corrected chi connectivity index (χ2v) is 10.5. The van der Waals surface area contributed by atoms with Crippen molar-refractivity contribution in [3.63, 3.8) is 0 Å². The lowest BCUT2D eigenvalue weighted by molar-refractivity contribution is 0.0901. The van der Waals surface area contributed by atoms with Gasteiger partial charge in [-0.05, 0) is 57.4 Å². The van der Waals surface area contributed by atoms with Gasteiger partial charge in [0.05, 0.1) is 36.7 Å². The fourth-order valence-electron chi connectivity index (χ4n) is 3.07. The summed E-state index contributed by atoms with van der Waals surface area (Å²) >= 11 is 9.45. The lowest BCUT2D eigenvalue weighted by Gasteiger charge is -2.23. The fraction of sp³-hybridized carbons (Fsp3) is 0.208. The Hall–Kier alpha value is -2.39. The summed E-state index contributed by atoms with van der Waals surface area (Å²) in [5.41, 5.74) is 2.76. The third-order valence-corrected chi connectivity index (χ3v) is 7.15. The van der Waals surface area contributed by atoms with Crippen LogP contribution in [0.1, 0.15) is 21.5 Å². The highest BCUT2D eigenvalue weighted by molar-refractivity contribution is 9.10. The molecule has 0 fully saturated rings. The van der Waals surface area contributed by atoms with Crippen molar-refractivity contribution in [1.82, 2.24) is 5.32 Å². The van der Waals surface area contributed by atoms with Crippen molar-refractivity contribution < 1.29 is 17.9 Å². The second kappa shape index (κ2) is 11.7. The number of amides is 1. The van der Waals surface area contributed by atoms with E-state index in [1.807, 2.05) is 30.3 Å². The third-order valence-electron chi connectivity index (χ3n) is 4.78. The first kappa shape index (κ1) is 25.2. The molecular weight excluding hydrogens is 528 g/mol. The fourth-order valence-corrected chi connectivity index (χ4v) is 4.37. The van der Waals surface area contributed by atoms with E-state index in [0.29, 0.717) is 40.5 Å². The summed E-state index contributed by atoms with van der Waals surface area (Å²) in [7, 11) is -3.54. The zero-order chi connectivity index (χ0) is 23.8. The van der Waals surface area contributed by atoms with E-state index in [0.717, 1.165) is 17.4 Å². The molecule has 0 unspecified atom stereocenters. The monoisotopic (exact) mass is 550 g/mol. The zero-order valence-corrected chi connectivity index (χ0v) is 21.2. The van der Waals surface area contributed by atoms with Crippen LogP contribution in [0.4, 0.5) is 5.69 Å². The molecule has 9 heteroatoms. The molecule has 0 aromatic heterocycles. The summed E-state index contributed by atoms with van der Waals surface area (Å²) in [6.07, 6.45) is 1.14. The molecule has 1 amide bonds. The Morgan fingerprint density at radius 3 is 2.36 bits per heavy atom. The molecule has 0 saturated carbocycles. The van der Waals surface area contributed by atoms with Crippen LogP contribution in [0.5, 0.6) is 0 Å². The molecule has 0 radical (unpaired) electrons. The Kier molecular flexibility index (Phi) is 8.91. The average Bonchev–Trinajstić information content (AvgIpc) is 2.79. The Bertz CT molecular complexity index is 1190. The molecule has 0 heterocycles. The number of carbonyl (C=O) groups excluding carboxylic acids is 1. The van der Waals surface area contributed by atoms with Gasteiger partial charge in [-0.2, -0.15) is 0 Å². The van der Waals surface area contributed by atoms with E-state index in [4.69, 9.17) is 16.3 Å². The lowest BCUT2D eigenvalue weighted by atomic mass is 10.1. The summed E-state index contributed by atoms with van der Waals surface area (Å²) < 4.78 is 32.2. The number of benzene rings is 3. The highest BCUT2D eigenvalue weighted by Gasteiger charge is 2.19. The van der Waals surface area contributed by atoms with Crippen molar-refractivity contribution in [1.29, 1.82) is 0 Å². The first-order chi connectivity index (χ1) is 15.7. The Balaban J connectivity index is 1.55. The number of carbonyl (C=O) groups is 1. The number of nitrogens with one attached hydrogen (secondary N) is 1. The molecule has 0 saturated heterocycles. The molecule has 0 aliphatic rings. The van der Waals surface area contributed by atoms with Gasteiger partial charge in [0.15, 0.2) is 0 Å². The second-order valence-electron chi connectivity index (χ2n) is 7.36. The van der Waals surface area contributed by atoms with Gasteiger partial charge < -0.3 is 10.1 Å². The normalized spacial score (nSPS) is 11.2. The van der Waals surface area contributed by atoms with E-state index in [9.17, 15) is 13.2 Å². The molecule has 3 aromatic rings. The summed E-state index contributed by atoms with van der Waals surface area (Å²) in [6.45, 7) is 1.40. The molecule has 0 bridgehead atoms. The topological polar surface area (TPSA) is 75.7 Å². The number of ether oxygens (including phenoxy) is 1. The molecular formula is C24H24BrClN2O4S. The van der Waals surface area contributed by atoms with Gasteiger partial charge >= 0.3 is 0 Å². The van der Waals surface area contributed by atoms with Crippen molar-refractivity contribution in [2.75, 3.05) is 23.7 Å². The van der Waals surface area contributed by atoms with E-state index in [1.54, 1.807) is 42.5 Å². The van der Waals surface area contributed by atoms with Gasteiger partial charge in [-0.1, -0.05) is 54.1 Å². The Labute approximate surface area is 207 Å². The number of sulfonamides is 1. The van der Waals surface area contributed by atoms with Crippen LogP contribution in [-0.2, 0) is 27.9 Å². The number of anilines is 1. The maximum Gasteiger partial charge on any atom is 0.251 e. The maximum atomic E-state index is 12.4. The minimum Gasteiger partial charge on any atom is -0.375 e. The van der Waals surface area contributed by atoms with Gasteiger partial charge in [0, 0.05) is 16.6 Å². The van der Waals surface area contributed by atoms with Crippen LogP contribution in [-0.4, -0.2) is 33.7 Å². The van der Waals surface area contributed by atoms with Crippen molar-refractivity contribution in [2.24, 2.45) is 0 Å². The molecule has 33 heavy (non-hydrogen) atoms. The predicted molar refractivity (Wildman–Crippen MR) is 135 cm³/mol. The zero-order valence-electron chi connectivity index (χ0n) is 18.0. The highest BCUT2D eigenvalue weighted by Crippen LogP contribution is 2.29. The number of halogens is 2. The van der Waals surface area contributed by atoms with Gasteiger partial charge in [-0.25, -0.2) is 8.42 Å². The summed E-state index contributed by atoms with van der Waals surface area (Å²) in [6, 6.07) is 21.6. The molecule has 1 N–H and O–H groups in total. The van der Waals surface area contributed by atoms with Crippen molar-refractivity contribution >= 4 is 49.1 Å². The van der Waals surface area contributed by atoms with Gasteiger partial charge in [0.2, 0.25) is 10.0 Å². The smallest absolute Gasteiger partial charge is 0.251 e. The molecule has 3 rings (SSSR count). The van der Waals surface area contributed by atoms with Gasteiger partial charge in [-0.15, -0.1) is 0 Å². The van der Waals surface area contributed by atoms with Crippen LogP contribution in [0.3, 0.4) is 0 Å². The summed E-state index contributed by atoms with van der Waals surface area (Å²) in [5.74, 6) is -0.218. The lowest BCUT2D eigenvalue weighted by Crippen LogP contribution is -2.29. The predicted octanol–water partition coefficient (Wildman–Crippen LogP) is 5.02. The Morgan fingerprint density at radius 1 is 1.03 bits per heavy atom. The van der Waals surface area contributed by atoms with E-state index < -0.39 is 10.0 Å². The molecule has 0 aliphatic carbocycles. The van der Waals surface area contributed by atoms with E-state index in [1.165, 1.54) is 4.31 Å². The van der Waals surface area contributed by atoms with Crippen molar-refractivity contribution in [3.8, 4) is 0 Å². The van der Waals surface area contributed by atoms with Crippen LogP contribution >= 0.6 is 27.5 Å². The Morgan fingerprint density at radius 2 is 1.73 bits per heavy atom. The first-order valence-corrected chi connectivity index (χ1v) is 13.2. The molecule has 6 nitrogen and oxygen atoms in total. The van der Waals surface area contributed by atoms with E-state index in [2.05, 4.69) is 21.2 Å². The largest absolute Gasteiger partial charge is 0.375 e. The SMILES string of the molecule is CS(=O)(=O)N(Cc1ccc(C(=O)NCCOCc2ccccc2)cc1)c1ccc(Br)c(Cl)c1. The van der Waals surface area contributed by atoms with Gasteiger partial charge in [0.1, 0.15) is 0 Å². The van der Waals surface area contributed by atoms with Crippen LogP contribution in [0.2, 0.25) is 5.02 Å². The van der Waals surface area contributed by atoms with Crippen molar-refractivity contribution in [2.45, 2.75) is 13.2 Å². The van der Waals surface area contributed by atoms with Crippen LogP contribution < -0.4 is 9.62 Å². The highest BCUT2D eigenvalue weighted by atomic mass is 79.9. The number of hydrogen-bond donors (Lipinski definition) is 1. The molecule has 0 aliphatic heterocycles. The average molecular weight is 552 g/mol. The van der Waals surface area contributed by atoms with Crippen LogP contribution in [0.15, 0.2) is 77.3 Å². The van der Waals surface area contributed by atoms with Crippen LogP contribution in [0.25, 0.3) is 0 Å². The molecule has 174 valence electrons. The standard InChI is InChI=1S/C24H24BrClN2O4S/c1-33(30,31)28(21-11-12-22(25)23(26)15-21)16-18-7-9-20(10-8-18)24(29)27-13-14-32-17-19-5-3-2-4-6-19/h2-12,15H,13-14,16-17H2,1H3,(H,27,29). The van der Waals surface area contributed by atoms with Gasteiger partial charge in [0.25, 0.3) is 5.91 Å².